The number of hydrogen-bond donors (Lipinski definition) is 2. The van der Waals surface area contributed by atoms with Gasteiger partial charge in [-0.25, -0.2) is 4.98 Å². The molecule has 0 aromatic carbocycles. The zero-order valence-electron chi connectivity index (χ0n) is 16.0. The molecule has 0 aliphatic carbocycles. The summed E-state index contributed by atoms with van der Waals surface area (Å²) in [5.74, 6) is 0.618. The van der Waals surface area contributed by atoms with Crippen LogP contribution in [0.3, 0.4) is 0 Å². The average Bonchev–Trinajstić information content (AvgIpc) is 2.89. The van der Waals surface area contributed by atoms with Gasteiger partial charge in [0.1, 0.15) is 4.83 Å². The Balaban J connectivity index is 2.14. The van der Waals surface area contributed by atoms with Gasteiger partial charge in [0, 0.05) is 18.0 Å². The summed E-state index contributed by atoms with van der Waals surface area (Å²) in [4.78, 5) is 33.8. The molecule has 2 atom stereocenters. The lowest BCUT2D eigenvalue weighted by Crippen LogP contribution is -2.36. The predicted octanol–water partition coefficient (Wildman–Crippen LogP) is 3.12. The van der Waals surface area contributed by atoms with E-state index in [-0.39, 0.29) is 23.3 Å². The van der Waals surface area contributed by atoms with Crippen LogP contribution in [0.25, 0.3) is 10.2 Å². The average molecular weight is 398 g/mol. The molecule has 0 aliphatic rings. The van der Waals surface area contributed by atoms with Gasteiger partial charge in [-0.1, -0.05) is 32.0 Å². The number of hydrogen-bond acceptors (Lipinski definition) is 6. The highest BCUT2D eigenvalue weighted by Crippen LogP contribution is 2.30. The molecule has 0 unspecified atom stereocenters. The molecule has 144 valence electrons. The number of aryl methyl sites for hydroxylation is 1. The maximum absolute atomic E-state index is 12.6. The number of ether oxygens (including phenoxy) is 1. The molecule has 0 saturated carbocycles. The third kappa shape index (κ3) is 5.31. The number of fused-ring (bicyclic) bond motifs is 1. The van der Waals surface area contributed by atoms with Gasteiger partial charge in [0.05, 0.1) is 17.7 Å². The molecule has 2 N–H and O–H groups in total. The summed E-state index contributed by atoms with van der Waals surface area (Å²) in [6.07, 6.45) is 1.96. The quantitative estimate of drug-likeness (QED) is 0.502. The van der Waals surface area contributed by atoms with E-state index in [0.717, 1.165) is 28.1 Å². The lowest BCUT2D eigenvalue weighted by atomic mass is 9.98. The number of thiophene rings is 1. The van der Waals surface area contributed by atoms with Crippen LogP contribution < -0.4 is 10.9 Å². The Morgan fingerprint density at radius 3 is 2.81 bits per heavy atom. The molecule has 2 rings (SSSR count). The minimum atomic E-state index is -0.117. The summed E-state index contributed by atoms with van der Waals surface area (Å²) < 4.78 is 5.00. The summed E-state index contributed by atoms with van der Waals surface area (Å²) in [7, 11) is 1.60. The Morgan fingerprint density at radius 1 is 1.42 bits per heavy atom. The molecule has 2 aromatic rings. The summed E-state index contributed by atoms with van der Waals surface area (Å²) in [6, 6.07) is -0.0503. The highest BCUT2D eigenvalue weighted by molar-refractivity contribution is 7.99. The fourth-order valence-electron chi connectivity index (χ4n) is 2.70. The Morgan fingerprint density at radius 2 is 2.15 bits per heavy atom. The van der Waals surface area contributed by atoms with Crippen LogP contribution in [0.2, 0.25) is 0 Å². The van der Waals surface area contributed by atoms with Crippen molar-refractivity contribution in [3.05, 3.63) is 20.8 Å². The summed E-state index contributed by atoms with van der Waals surface area (Å²) in [6.45, 7) is 8.74. The summed E-state index contributed by atoms with van der Waals surface area (Å²) in [5.41, 5.74) is 0.990. The SMILES string of the molecule is CC[C@@H](C)Cc1c(C)sc2nc(SCC(=O)N[C@@H](C)COC)[nH]c(=O)c12. The van der Waals surface area contributed by atoms with Gasteiger partial charge < -0.3 is 15.0 Å². The number of carbonyl (C=O) groups is 1. The first-order valence-electron chi connectivity index (χ1n) is 8.79. The molecule has 26 heavy (non-hydrogen) atoms. The van der Waals surface area contributed by atoms with Crippen LogP contribution in [-0.2, 0) is 16.0 Å². The molecular weight excluding hydrogens is 370 g/mol. The third-order valence-corrected chi connectivity index (χ3v) is 6.17. The van der Waals surface area contributed by atoms with E-state index in [1.54, 1.807) is 18.4 Å². The minimum Gasteiger partial charge on any atom is -0.383 e. The van der Waals surface area contributed by atoms with Crippen molar-refractivity contribution in [3.8, 4) is 0 Å². The van der Waals surface area contributed by atoms with E-state index in [1.165, 1.54) is 11.8 Å². The highest BCUT2D eigenvalue weighted by Gasteiger charge is 2.17. The van der Waals surface area contributed by atoms with Crippen molar-refractivity contribution >= 4 is 39.2 Å². The van der Waals surface area contributed by atoms with Crippen LogP contribution in [0.1, 0.15) is 37.6 Å². The van der Waals surface area contributed by atoms with Gasteiger partial charge >= 0.3 is 0 Å². The van der Waals surface area contributed by atoms with E-state index < -0.39 is 0 Å². The van der Waals surface area contributed by atoms with E-state index in [9.17, 15) is 9.59 Å². The standard InChI is InChI=1S/C18H27N3O3S2/c1-6-10(2)7-13-12(4)26-17-15(13)16(23)20-18(21-17)25-9-14(22)19-11(3)8-24-5/h10-11H,6-9H2,1-5H3,(H,19,22)(H,20,21,23)/t10-,11+/m1/s1. The van der Waals surface area contributed by atoms with Crippen LogP contribution in [0, 0.1) is 12.8 Å². The number of aromatic nitrogens is 2. The van der Waals surface area contributed by atoms with E-state index in [1.807, 2.05) is 13.8 Å². The Hall–Kier alpha value is -1.38. The third-order valence-electron chi connectivity index (χ3n) is 4.25. The number of nitrogens with zero attached hydrogens (tertiary/aromatic N) is 1. The van der Waals surface area contributed by atoms with Crippen LogP contribution in [-0.4, -0.2) is 41.4 Å². The topological polar surface area (TPSA) is 84.1 Å². The number of thioether (sulfide) groups is 1. The molecule has 0 bridgehead atoms. The van der Waals surface area contributed by atoms with Crippen molar-refractivity contribution in [2.24, 2.45) is 5.92 Å². The summed E-state index contributed by atoms with van der Waals surface area (Å²) >= 11 is 2.79. The molecule has 6 nitrogen and oxygen atoms in total. The zero-order chi connectivity index (χ0) is 19.3. The smallest absolute Gasteiger partial charge is 0.260 e. The highest BCUT2D eigenvalue weighted by atomic mass is 32.2. The second-order valence-corrected chi connectivity index (χ2v) is 8.79. The molecule has 1 amide bonds. The second kappa shape index (κ2) is 9.53. The van der Waals surface area contributed by atoms with Crippen molar-refractivity contribution in [1.82, 2.24) is 15.3 Å². The summed E-state index contributed by atoms with van der Waals surface area (Å²) in [5, 5.41) is 4.03. The van der Waals surface area contributed by atoms with Gasteiger partial charge in [-0.15, -0.1) is 11.3 Å². The molecule has 0 radical (unpaired) electrons. The zero-order valence-corrected chi connectivity index (χ0v) is 17.6. The largest absolute Gasteiger partial charge is 0.383 e. The van der Waals surface area contributed by atoms with Crippen LogP contribution >= 0.6 is 23.1 Å². The van der Waals surface area contributed by atoms with Gasteiger partial charge in [0.25, 0.3) is 5.56 Å². The van der Waals surface area contributed by atoms with Crippen molar-refractivity contribution in [2.45, 2.75) is 51.7 Å². The van der Waals surface area contributed by atoms with Gasteiger partial charge in [0.15, 0.2) is 5.16 Å². The van der Waals surface area contributed by atoms with E-state index in [0.29, 0.717) is 23.1 Å². The van der Waals surface area contributed by atoms with Crippen LogP contribution in [0.15, 0.2) is 9.95 Å². The van der Waals surface area contributed by atoms with Crippen molar-refractivity contribution in [3.63, 3.8) is 0 Å². The maximum atomic E-state index is 12.6. The fraction of sp³-hybridized carbons (Fsp3) is 0.611. The van der Waals surface area contributed by atoms with Crippen LogP contribution in [0.4, 0.5) is 0 Å². The first-order chi connectivity index (χ1) is 12.3. The van der Waals surface area contributed by atoms with E-state index >= 15 is 0 Å². The fourth-order valence-corrected chi connectivity index (χ4v) is 4.49. The van der Waals surface area contributed by atoms with Gasteiger partial charge in [-0.3, -0.25) is 9.59 Å². The van der Waals surface area contributed by atoms with Gasteiger partial charge in [-0.2, -0.15) is 0 Å². The molecule has 0 aliphatic heterocycles. The minimum absolute atomic E-state index is 0.0503. The predicted molar refractivity (Wildman–Crippen MR) is 108 cm³/mol. The van der Waals surface area contributed by atoms with Crippen molar-refractivity contribution < 1.29 is 9.53 Å². The number of nitrogens with one attached hydrogen (secondary N) is 2. The van der Waals surface area contributed by atoms with Gasteiger partial charge in [0.2, 0.25) is 5.91 Å². The monoisotopic (exact) mass is 397 g/mol. The van der Waals surface area contributed by atoms with Crippen molar-refractivity contribution in [2.75, 3.05) is 19.5 Å². The number of amides is 1. The number of methoxy groups -OCH3 is 1. The molecule has 0 fully saturated rings. The lowest BCUT2D eigenvalue weighted by molar-refractivity contribution is -0.119. The second-order valence-electron chi connectivity index (χ2n) is 6.62. The maximum Gasteiger partial charge on any atom is 0.260 e. The molecule has 0 spiro atoms. The molecule has 0 saturated heterocycles. The van der Waals surface area contributed by atoms with E-state index in [4.69, 9.17) is 4.74 Å². The van der Waals surface area contributed by atoms with Crippen LogP contribution in [0.5, 0.6) is 0 Å². The van der Waals surface area contributed by atoms with Gasteiger partial charge in [-0.05, 0) is 31.7 Å². The first-order valence-corrected chi connectivity index (χ1v) is 10.6. The molecular formula is C18H27N3O3S2. The first kappa shape index (κ1) is 20.9. The van der Waals surface area contributed by atoms with E-state index in [2.05, 4.69) is 29.1 Å². The molecule has 2 heterocycles. The van der Waals surface area contributed by atoms with Crippen molar-refractivity contribution in [1.29, 1.82) is 0 Å². The Bertz CT molecular complexity index is 816. The normalized spacial score (nSPS) is 13.7. The number of rotatable bonds is 9. The number of carbonyl (C=O) groups excluding carboxylic acids is 1. The molecule has 8 heteroatoms. The molecule has 2 aromatic heterocycles. The number of aromatic amines is 1. The number of H-pyrrole nitrogens is 1. The Kier molecular flexibility index (Phi) is 7.67. The lowest BCUT2D eigenvalue weighted by Gasteiger charge is -2.12. The Labute approximate surface area is 162 Å².